The van der Waals surface area contributed by atoms with Crippen molar-refractivity contribution >= 4 is 27.8 Å². The van der Waals surface area contributed by atoms with Crippen LogP contribution in [-0.4, -0.2) is 50.7 Å². The number of benzene rings is 3. The van der Waals surface area contributed by atoms with Crippen molar-refractivity contribution in [1.82, 2.24) is 10.6 Å². The van der Waals surface area contributed by atoms with Gasteiger partial charge in [0, 0.05) is 11.3 Å². The van der Waals surface area contributed by atoms with Gasteiger partial charge in [0.1, 0.15) is 18.2 Å². The molecule has 0 spiro atoms. The minimum atomic E-state index is -3.85. The van der Waals surface area contributed by atoms with E-state index in [1.165, 1.54) is 18.2 Å². The van der Waals surface area contributed by atoms with E-state index in [2.05, 4.69) is 10.6 Å². The van der Waals surface area contributed by atoms with Gasteiger partial charge in [0.2, 0.25) is 5.91 Å². The van der Waals surface area contributed by atoms with Gasteiger partial charge in [0.05, 0.1) is 17.4 Å². The highest BCUT2D eigenvalue weighted by Crippen LogP contribution is 2.44. The Hall–Kier alpha value is -4.44. The number of sulfone groups is 1. The zero-order valence-electron chi connectivity index (χ0n) is 26.1. The Morgan fingerprint density at radius 3 is 1.96 bits per heavy atom. The summed E-state index contributed by atoms with van der Waals surface area (Å²) in [7, 11) is -3.85. The molecule has 4 rings (SSSR count). The van der Waals surface area contributed by atoms with Gasteiger partial charge < -0.3 is 20.1 Å². The lowest BCUT2D eigenvalue weighted by Crippen LogP contribution is -2.52. The van der Waals surface area contributed by atoms with Crippen LogP contribution in [0.15, 0.2) is 95.2 Å². The molecule has 0 aliphatic heterocycles. The van der Waals surface area contributed by atoms with E-state index in [1.54, 1.807) is 52.8 Å². The number of nitrogens with one attached hydrogen (secondary N) is 2. The molecule has 238 valence electrons. The van der Waals surface area contributed by atoms with Crippen LogP contribution in [0, 0.1) is 5.92 Å². The lowest BCUT2D eigenvalue weighted by molar-refractivity contribution is -0.155. The molecule has 0 saturated heterocycles. The number of carbonyl (C=O) groups is 3. The maximum absolute atomic E-state index is 13.5. The van der Waals surface area contributed by atoms with E-state index in [9.17, 15) is 22.8 Å². The molecule has 10 heteroatoms. The average Bonchev–Trinajstić information content (AvgIpc) is 3.30. The topological polar surface area (TPSA) is 128 Å². The van der Waals surface area contributed by atoms with Gasteiger partial charge in [-0.05, 0) is 67.2 Å². The molecule has 0 saturated carbocycles. The summed E-state index contributed by atoms with van der Waals surface area (Å²) in [6.07, 6.45) is 0.158. The summed E-state index contributed by atoms with van der Waals surface area (Å²) in [5, 5.41) is 6.32. The second-order valence-corrected chi connectivity index (χ2v) is 14.1. The van der Waals surface area contributed by atoms with Crippen molar-refractivity contribution in [2.75, 3.05) is 6.61 Å². The van der Waals surface area contributed by atoms with Gasteiger partial charge in [0.15, 0.2) is 9.84 Å². The largest absolute Gasteiger partial charge is 0.460 e. The average molecular weight is 633 g/mol. The van der Waals surface area contributed by atoms with Gasteiger partial charge in [-0.2, -0.15) is 0 Å². The molecule has 2 N–H and O–H groups in total. The number of esters is 1. The maximum atomic E-state index is 13.5. The standard InChI is InChI=1S/C35H40N2O7S/c1-23(2)32(37-34(40)43-22-30-28-17-11-9-15-26(28)27-16-10-12-18-29(27)30)33(39)36-24(21-31(38)44-35(3,4)5)19-20-45(41,42)25-13-7-6-8-14-25/h6-20,23-24,30,32H,21-22H2,1-5H3,(H,36,39)(H,37,40)/b20-19+/t24-,32+/m1/s1. The SMILES string of the molecule is CC(C)[C@H](NC(=O)OCC1c2ccccc2-c2ccccc21)C(=O)N[C@H](/C=C/S(=O)(=O)c1ccccc1)CC(=O)OC(C)(C)C. The van der Waals surface area contributed by atoms with Crippen LogP contribution in [-0.2, 0) is 28.9 Å². The zero-order chi connectivity index (χ0) is 32.8. The molecule has 2 atom stereocenters. The van der Waals surface area contributed by atoms with E-state index in [1.807, 2.05) is 48.5 Å². The molecule has 0 aromatic heterocycles. The predicted octanol–water partition coefficient (Wildman–Crippen LogP) is 5.75. The summed E-state index contributed by atoms with van der Waals surface area (Å²) >= 11 is 0. The van der Waals surface area contributed by atoms with Crippen molar-refractivity contribution in [2.45, 2.75) is 69.5 Å². The van der Waals surface area contributed by atoms with Crippen LogP contribution in [0.1, 0.15) is 58.1 Å². The first-order chi connectivity index (χ1) is 21.2. The van der Waals surface area contributed by atoms with E-state index < -0.39 is 45.5 Å². The summed E-state index contributed by atoms with van der Waals surface area (Å²) in [5.41, 5.74) is 3.54. The van der Waals surface area contributed by atoms with Crippen molar-refractivity contribution in [3.05, 3.63) is 101 Å². The normalized spacial score (nSPS) is 14.4. The van der Waals surface area contributed by atoms with Crippen molar-refractivity contribution in [3.63, 3.8) is 0 Å². The van der Waals surface area contributed by atoms with Crippen LogP contribution in [0.3, 0.4) is 0 Å². The van der Waals surface area contributed by atoms with Crippen molar-refractivity contribution in [2.24, 2.45) is 5.92 Å². The highest BCUT2D eigenvalue weighted by Gasteiger charge is 2.31. The number of alkyl carbamates (subject to hydrolysis) is 1. The number of amides is 2. The van der Waals surface area contributed by atoms with Crippen LogP contribution < -0.4 is 10.6 Å². The van der Waals surface area contributed by atoms with Gasteiger partial charge >= 0.3 is 12.1 Å². The number of rotatable bonds is 11. The third kappa shape index (κ3) is 8.82. The fraction of sp³-hybridized carbons (Fsp3) is 0.343. The molecule has 0 fully saturated rings. The molecule has 3 aromatic rings. The highest BCUT2D eigenvalue weighted by atomic mass is 32.2. The third-order valence-electron chi connectivity index (χ3n) is 7.26. The Labute approximate surface area is 264 Å². The van der Waals surface area contributed by atoms with Crippen LogP contribution in [0.4, 0.5) is 4.79 Å². The Morgan fingerprint density at radius 1 is 0.844 bits per heavy atom. The third-order valence-corrected chi connectivity index (χ3v) is 8.71. The predicted molar refractivity (Wildman–Crippen MR) is 172 cm³/mol. The van der Waals surface area contributed by atoms with Gasteiger partial charge in [0.25, 0.3) is 0 Å². The Morgan fingerprint density at radius 2 is 1.40 bits per heavy atom. The fourth-order valence-electron chi connectivity index (χ4n) is 5.19. The minimum Gasteiger partial charge on any atom is -0.460 e. The van der Waals surface area contributed by atoms with Gasteiger partial charge in [-0.25, -0.2) is 13.2 Å². The van der Waals surface area contributed by atoms with Gasteiger partial charge in [-0.3, -0.25) is 9.59 Å². The van der Waals surface area contributed by atoms with Gasteiger partial charge in [-0.1, -0.05) is 80.6 Å². The Balaban J connectivity index is 1.46. The Bertz CT molecular complexity index is 1610. The van der Waals surface area contributed by atoms with Crippen molar-refractivity contribution in [3.8, 4) is 11.1 Å². The van der Waals surface area contributed by atoms with Crippen LogP contribution in [0.25, 0.3) is 11.1 Å². The van der Waals surface area contributed by atoms with Crippen LogP contribution in [0.5, 0.6) is 0 Å². The van der Waals surface area contributed by atoms with Crippen LogP contribution >= 0.6 is 0 Å². The molecule has 0 unspecified atom stereocenters. The maximum Gasteiger partial charge on any atom is 0.407 e. The van der Waals surface area contributed by atoms with Crippen molar-refractivity contribution in [1.29, 1.82) is 0 Å². The second-order valence-electron chi connectivity index (χ2n) is 12.3. The number of ether oxygens (including phenoxy) is 2. The monoisotopic (exact) mass is 632 g/mol. The molecule has 0 bridgehead atoms. The van der Waals surface area contributed by atoms with Crippen molar-refractivity contribution < 1.29 is 32.3 Å². The van der Waals surface area contributed by atoms with Crippen LogP contribution in [0.2, 0.25) is 0 Å². The molecule has 0 heterocycles. The molecular weight excluding hydrogens is 592 g/mol. The smallest absolute Gasteiger partial charge is 0.407 e. The van der Waals surface area contributed by atoms with Gasteiger partial charge in [-0.15, -0.1) is 0 Å². The molecule has 1 aliphatic rings. The summed E-state index contributed by atoms with van der Waals surface area (Å²) < 4.78 is 36.8. The molecule has 45 heavy (non-hydrogen) atoms. The Kier molecular flexibility index (Phi) is 10.5. The van der Waals surface area contributed by atoms with E-state index >= 15 is 0 Å². The summed E-state index contributed by atoms with van der Waals surface area (Å²) in [6.45, 7) is 8.72. The molecule has 1 aliphatic carbocycles. The summed E-state index contributed by atoms with van der Waals surface area (Å²) in [4.78, 5) is 39.2. The quantitative estimate of drug-likeness (QED) is 0.258. The minimum absolute atomic E-state index is 0.0700. The summed E-state index contributed by atoms with van der Waals surface area (Å²) in [5.74, 6) is -1.73. The first-order valence-corrected chi connectivity index (χ1v) is 16.4. The molecule has 2 amide bonds. The molecule has 3 aromatic carbocycles. The fourth-order valence-corrected chi connectivity index (χ4v) is 6.28. The highest BCUT2D eigenvalue weighted by molar-refractivity contribution is 7.94. The lowest BCUT2D eigenvalue weighted by atomic mass is 9.98. The van der Waals surface area contributed by atoms with E-state index in [-0.39, 0.29) is 29.8 Å². The first kappa shape index (κ1) is 33.5. The molecular formula is C35H40N2O7S. The summed E-state index contributed by atoms with van der Waals surface area (Å²) in [6, 6.07) is 21.7. The second kappa shape index (κ2) is 14.1. The van der Waals surface area contributed by atoms with E-state index in [0.29, 0.717) is 0 Å². The zero-order valence-corrected chi connectivity index (χ0v) is 27.0. The molecule has 0 radical (unpaired) electrons. The number of hydrogen-bond acceptors (Lipinski definition) is 7. The molecule has 9 nitrogen and oxygen atoms in total. The van der Waals surface area contributed by atoms with E-state index in [4.69, 9.17) is 9.47 Å². The lowest BCUT2D eigenvalue weighted by Gasteiger charge is -2.25. The number of carbonyl (C=O) groups excluding carboxylic acids is 3. The number of hydrogen-bond donors (Lipinski definition) is 2. The van der Waals surface area contributed by atoms with E-state index in [0.717, 1.165) is 27.7 Å². The number of fused-ring (bicyclic) bond motifs is 3. The first-order valence-electron chi connectivity index (χ1n) is 14.9.